The normalized spacial score (nSPS) is 12.1. The van der Waals surface area contributed by atoms with Gasteiger partial charge in [-0.2, -0.15) is 0 Å². The number of hydrogen-bond donors (Lipinski definition) is 0. The van der Waals surface area contributed by atoms with E-state index < -0.39 is 0 Å². The smallest absolute Gasteiger partial charge is 0.310 e. The highest BCUT2D eigenvalue weighted by Gasteiger charge is 2.33. The number of benzene rings is 2. The molecule has 0 fully saturated rings. The summed E-state index contributed by atoms with van der Waals surface area (Å²) in [7, 11) is 3.19. The quantitative estimate of drug-likeness (QED) is 0.209. The fourth-order valence-electron chi connectivity index (χ4n) is 2.53. The van der Waals surface area contributed by atoms with Gasteiger partial charge < -0.3 is 9.39 Å². The molecule has 7 heteroatoms. The molecule has 2 aromatic rings. The van der Waals surface area contributed by atoms with Crippen molar-refractivity contribution in [1.29, 1.82) is 0 Å². The fourth-order valence-corrected chi connectivity index (χ4v) is 3.43. The molecule has 2 aromatic carbocycles. The summed E-state index contributed by atoms with van der Waals surface area (Å²) in [5.74, 6) is 1.38. The van der Waals surface area contributed by atoms with Gasteiger partial charge in [0.2, 0.25) is 0 Å². The first-order valence-corrected chi connectivity index (χ1v) is 11.7. The molecule has 0 heterocycles. The molecule has 0 aliphatic heterocycles. The van der Waals surface area contributed by atoms with Gasteiger partial charge in [-0.1, -0.05) is 33.8 Å². The van der Waals surface area contributed by atoms with E-state index in [1.54, 1.807) is 18.0 Å². The van der Waals surface area contributed by atoms with Crippen LogP contribution in [0.2, 0.25) is 0 Å². The number of nitrogens with zero attached hydrogens (tertiary/aromatic N) is 1. The van der Waals surface area contributed by atoms with Crippen LogP contribution >= 0.6 is 21.2 Å². The molecule has 0 saturated heterocycles. The second-order valence-corrected chi connectivity index (χ2v) is 10.9. The first-order valence-electron chi connectivity index (χ1n) is 10.3. The van der Waals surface area contributed by atoms with Crippen LogP contribution in [0.3, 0.4) is 0 Å². The summed E-state index contributed by atoms with van der Waals surface area (Å²) < 4.78 is 14.4. The molecule has 0 aliphatic carbocycles. The molecule has 0 N–H and O–H groups in total. The second-order valence-electron chi connectivity index (χ2n) is 8.28. The van der Waals surface area contributed by atoms with E-state index in [0.29, 0.717) is 18.8 Å². The topological polar surface area (TPSA) is 38.8 Å². The van der Waals surface area contributed by atoms with Gasteiger partial charge in [0.1, 0.15) is 17.8 Å². The standard InChI is InChI=1S/C23H33BNO3PS/c1-7-25(8-2)30-20-12-9-18(10-13-20)27-19-11-14-21(17(15-19)16-26)24-28-22(3,4)23(5,6)29/h9-16,24H,7-8,29H2,1-6H3. The number of carbonyl (C=O) groups is 1. The number of rotatable bonds is 11. The summed E-state index contributed by atoms with van der Waals surface area (Å²) in [5, 5.41) is -0.0901. The zero-order valence-corrected chi connectivity index (χ0v) is 20.9. The van der Waals surface area contributed by atoms with Crippen LogP contribution in [0.1, 0.15) is 51.9 Å². The molecule has 30 heavy (non-hydrogen) atoms. The molecular formula is C23H33BNO3PS. The van der Waals surface area contributed by atoms with Crippen LogP contribution in [0.25, 0.3) is 0 Å². The maximum absolute atomic E-state index is 11.6. The second kappa shape index (κ2) is 10.8. The van der Waals surface area contributed by atoms with Crippen molar-refractivity contribution in [2.45, 2.75) is 57.2 Å². The fraction of sp³-hybridized carbons (Fsp3) is 0.435. The number of ether oxygens (including phenoxy) is 1. The van der Waals surface area contributed by atoms with Gasteiger partial charge in [-0.25, -0.2) is 4.31 Å². The Balaban J connectivity index is 2.07. The molecule has 0 aliphatic rings. The lowest BCUT2D eigenvalue weighted by molar-refractivity contribution is 0.0840. The Bertz CT molecular complexity index is 833. The molecular weight excluding hydrogens is 412 g/mol. The van der Waals surface area contributed by atoms with Crippen molar-refractivity contribution in [2.75, 3.05) is 13.1 Å². The number of hydrogen-bond acceptors (Lipinski definition) is 5. The summed E-state index contributed by atoms with van der Waals surface area (Å²) in [6.45, 7) is 14.6. The lowest BCUT2D eigenvalue weighted by atomic mass is 9.81. The molecule has 4 nitrogen and oxygen atoms in total. The third-order valence-corrected chi connectivity index (χ3v) is 7.34. The first-order chi connectivity index (χ1) is 14.1. The summed E-state index contributed by atoms with van der Waals surface area (Å²) >= 11 is 1.74. The summed E-state index contributed by atoms with van der Waals surface area (Å²) in [6, 6.07) is 13.5. The minimum absolute atomic E-state index is 0.0901. The van der Waals surface area contributed by atoms with E-state index in [1.807, 2.05) is 36.4 Å². The molecule has 0 bridgehead atoms. The predicted molar refractivity (Wildman–Crippen MR) is 133 cm³/mol. The van der Waals surface area contributed by atoms with E-state index in [4.69, 9.17) is 9.39 Å². The maximum Gasteiger partial charge on any atom is 0.310 e. The third-order valence-electron chi connectivity index (χ3n) is 5.38. The van der Waals surface area contributed by atoms with Crippen LogP contribution in [-0.4, -0.2) is 41.9 Å². The Hall–Kier alpha value is -1.33. The van der Waals surface area contributed by atoms with E-state index in [1.165, 1.54) is 4.90 Å². The predicted octanol–water partition coefficient (Wildman–Crippen LogP) is 5.07. The molecule has 0 amide bonds. The SMILES string of the molecule is CCN(CC)Sc1ccc(Oc2ccc(BOC(C)(C)C(C)(C)P)c(C=O)c2)cc1. The number of aldehydes is 1. The van der Waals surface area contributed by atoms with E-state index in [2.05, 4.69) is 55.1 Å². The summed E-state index contributed by atoms with van der Waals surface area (Å²) in [5.41, 5.74) is 1.09. The van der Waals surface area contributed by atoms with Gasteiger partial charge in [-0.05, 0) is 67.7 Å². The molecule has 2 rings (SSSR count). The molecule has 0 aromatic heterocycles. The Labute approximate surface area is 188 Å². The van der Waals surface area contributed by atoms with Gasteiger partial charge in [0.25, 0.3) is 0 Å². The van der Waals surface area contributed by atoms with Crippen LogP contribution in [0.15, 0.2) is 47.4 Å². The number of carbonyl (C=O) groups excluding carboxylic acids is 1. The zero-order chi connectivity index (χ0) is 22.4. The van der Waals surface area contributed by atoms with Crippen molar-refractivity contribution in [1.82, 2.24) is 4.31 Å². The monoisotopic (exact) mass is 445 g/mol. The van der Waals surface area contributed by atoms with Gasteiger partial charge in [0, 0.05) is 28.7 Å². The summed E-state index contributed by atoms with van der Waals surface area (Å²) in [6.07, 6.45) is 0.855. The van der Waals surface area contributed by atoms with Gasteiger partial charge >= 0.3 is 7.48 Å². The van der Waals surface area contributed by atoms with Gasteiger partial charge in [0.05, 0.1) is 5.60 Å². The van der Waals surface area contributed by atoms with Gasteiger partial charge in [0.15, 0.2) is 0 Å². The lowest BCUT2D eigenvalue weighted by Gasteiger charge is -2.39. The largest absolute Gasteiger partial charge is 0.457 e. The Morgan fingerprint density at radius 3 is 2.17 bits per heavy atom. The minimum Gasteiger partial charge on any atom is -0.457 e. The van der Waals surface area contributed by atoms with Crippen molar-refractivity contribution >= 4 is 40.4 Å². The van der Waals surface area contributed by atoms with Crippen molar-refractivity contribution in [3.05, 3.63) is 48.0 Å². The molecule has 1 atom stereocenters. The van der Waals surface area contributed by atoms with E-state index in [-0.39, 0.29) is 10.8 Å². The van der Waals surface area contributed by atoms with Crippen LogP contribution in [-0.2, 0) is 4.65 Å². The molecule has 0 radical (unpaired) electrons. The van der Waals surface area contributed by atoms with Crippen molar-refractivity contribution in [3.8, 4) is 11.5 Å². The molecule has 1 unspecified atom stereocenters. The van der Waals surface area contributed by atoms with Crippen LogP contribution in [0.5, 0.6) is 11.5 Å². The lowest BCUT2D eigenvalue weighted by Crippen LogP contribution is -2.45. The van der Waals surface area contributed by atoms with E-state index in [0.717, 1.165) is 30.6 Å². The third kappa shape index (κ3) is 6.85. The Kier molecular flexibility index (Phi) is 8.99. The Morgan fingerprint density at radius 1 is 1.03 bits per heavy atom. The maximum atomic E-state index is 11.6. The summed E-state index contributed by atoms with van der Waals surface area (Å²) in [4.78, 5) is 12.8. The molecule has 162 valence electrons. The highest BCUT2D eigenvalue weighted by molar-refractivity contribution is 7.97. The van der Waals surface area contributed by atoms with Crippen molar-refractivity contribution < 1.29 is 14.2 Å². The van der Waals surface area contributed by atoms with Crippen LogP contribution in [0.4, 0.5) is 0 Å². The van der Waals surface area contributed by atoms with E-state index >= 15 is 0 Å². The highest BCUT2D eigenvalue weighted by atomic mass is 32.2. The first kappa shape index (κ1) is 24.9. The zero-order valence-electron chi connectivity index (χ0n) is 18.9. The Morgan fingerprint density at radius 2 is 1.63 bits per heavy atom. The minimum atomic E-state index is -0.349. The van der Waals surface area contributed by atoms with Gasteiger partial charge in [-0.3, -0.25) is 4.79 Å². The van der Waals surface area contributed by atoms with Crippen LogP contribution < -0.4 is 10.2 Å². The average Bonchev–Trinajstić information content (AvgIpc) is 2.71. The molecule has 0 spiro atoms. The van der Waals surface area contributed by atoms with E-state index in [9.17, 15) is 4.79 Å². The van der Waals surface area contributed by atoms with Crippen molar-refractivity contribution in [2.24, 2.45) is 0 Å². The van der Waals surface area contributed by atoms with Gasteiger partial charge in [-0.15, -0.1) is 9.24 Å². The molecule has 0 saturated carbocycles. The van der Waals surface area contributed by atoms with Crippen LogP contribution in [0, 0.1) is 0 Å². The van der Waals surface area contributed by atoms with Crippen molar-refractivity contribution in [3.63, 3.8) is 0 Å². The highest BCUT2D eigenvalue weighted by Crippen LogP contribution is 2.33. The average molecular weight is 445 g/mol.